The molecule has 0 aromatic carbocycles. The van der Waals surface area contributed by atoms with Crippen LogP contribution < -0.4 is 0 Å². The first-order chi connectivity index (χ1) is 5.52. The zero-order chi connectivity index (χ0) is 9.35. The fourth-order valence-corrected chi connectivity index (χ4v) is 2.65. The van der Waals surface area contributed by atoms with E-state index in [1.807, 2.05) is 0 Å². The lowest BCUT2D eigenvalue weighted by Crippen LogP contribution is -2.24. The Hall–Kier alpha value is -0.0400. The Morgan fingerprint density at radius 2 is 2.00 bits per heavy atom. The third-order valence-electron chi connectivity index (χ3n) is 3.39. The summed E-state index contributed by atoms with van der Waals surface area (Å²) in [6.07, 6.45) is 2.81. The molecule has 1 rings (SSSR count). The molecule has 2 unspecified atom stereocenters. The summed E-state index contributed by atoms with van der Waals surface area (Å²) in [6.45, 7) is 8.34. The highest BCUT2D eigenvalue weighted by Crippen LogP contribution is 2.58. The van der Waals surface area contributed by atoms with E-state index in [-0.39, 0.29) is 0 Å². The van der Waals surface area contributed by atoms with Gasteiger partial charge in [-0.3, -0.25) is 0 Å². The third-order valence-corrected chi connectivity index (χ3v) is 3.39. The second-order valence-corrected chi connectivity index (χ2v) is 5.01. The van der Waals surface area contributed by atoms with Crippen molar-refractivity contribution >= 4 is 0 Å². The molecule has 0 saturated heterocycles. The van der Waals surface area contributed by atoms with Crippen molar-refractivity contribution in [3.63, 3.8) is 0 Å². The predicted octanol–water partition coefficient (Wildman–Crippen LogP) is 2.62. The van der Waals surface area contributed by atoms with Crippen molar-refractivity contribution in [2.45, 2.75) is 33.6 Å². The maximum absolute atomic E-state index is 2.36. The summed E-state index contributed by atoms with van der Waals surface area (Å²) < 4.78 is 0. The van der Waals surface area contributed by atoms with Crippen molar-refractivity contribution in [2.24, 2.45) is 17.3 Å². The van der Waals surface area contributed by atoms with E-state index < -0.39 is 0 Å². The van der Waals surface area contributed by atoms with E-state index in [1.165, 1.54) is 19.4 Å². The first-order valence-corrected chi connectivity index (χ1v) is 5.16. The quantitative estimate of drug-likeness (QED) is 0.625. The minimum atomic E-state index is 0.678. The van der Waals surface area contributed by atoms with Crippen LogP contribution in [0.15, 0.2) is 0 Å². The second kappa shape index (κ2) is 3.37. The van der Waals surface area contributed by atoms with Gasteiger partial charge in [-0.2, -0.15) is 0 Å². The summed E-state index contributed by atoms with van der Waals surface area (Å²) in [5, 5.41) is 0. The minimum Gasteiger partial charge on any atom is -0.309 e. The Balaban J connectivity index is 2.47. The Kier molecular flexibility index (Phi) is 2.82. The highest BCUT2D eigenvalue weighted by atomic mass is 15.1. The fraction of sp³-hybridized carbons (Fsp3) is 1.00. The van der Waals surface area contributed by atoms with Gasteiger partial charge in [-0.05, 0) is 44.2 Å². The van der Waals surface area contributed by atoms with Crippen LogP contribution in [-0.4, -0.2) is 25.5 Å². The molecule has 0 aromatic heterocycles. The van der Waals surface area contributed by atoms with Gasteiger partial charge in [0.05, 0.1) is 0 Å². The van der Waals surface area contributed by atoms with Crippen LogP contribution >= 0.6 is 0 Å². The maximum atomic E-state index is 2.36. The average Bonchev–Trinajstić information content (AvgIpc) is 2.63. The van der Waals surface area contributed by atoms with Crippen LogP contribution in [0.5, 0.6) is 0 Å². The average molecular weight is 169 g/mol. The molecule has 0 spiro atoms. The number of hydrogen-bond acceptors (Lipinski definition) is 1. The van der Waals surface area contributed by atoms with E-state index in [4.69, 9.17) is 0 Å². The smallest absolute Gasteiger partial charge is 0.00346 e. The van der Waals surface area contributed by atoms with Gasteiger partial charge in [0.25, 0.3) is 0 Å². The van der Waals surface area contributed by atoms with Crippen molar-refractivity contribution in [2.75, 3.05) is 20.6 Å². The summed E-state index contributed by atoms with van der Waals surface area (Å²) in [5.74, 6) is 1.87. The lowest BCUT2D eigenvalue weighted by Gasteiger charge is -2.21. The molecule has 1 aliphatic carbocycles. The molecule has 1 nitrogen and oxygen atoms in total. The van der Waals surface area contributed by atoms with Gasteiger partial charge in [0.2, 0.25) is 0 Å². The van der Waals surface area contributed by atoms with Crippen molar-refractivity contribution in [3.8, 4) is 0 Å². The van der Waals surface area contributed by atoms with Crippen molar-refractivity contribution in [1.29, 1.82) is 0 Å². The van der Waals surface area contributed by atoms with Gasteiger partial charge in [-0.1, -0.05) is 20.8 Å². The van der Waals surface area contributed by atoms with Gasteiger partial charge >= 0.3 is 0 Å². The van der Waals surface area contributed by atoms with Gasteiger partial charge in [-0.15, -0.1) is 0 Å². The summed E-state index contributed by atoms with van der Waals surface area (Å²) in [4.78, 5) is 2.34. The van der Waals surface area contributed by atoms with Crippen molar-refractivity contribution < 1.29 is 0 Å². The molecule has 0 amide bonds. The molecule has 72 valence electrons. The molecule has 0 bridgehead atoms. The molecular formula is C11H23N. The van der Waals surface area contributed by atoms with E-state index in [0.717, 1.165) is 11.8 Å². The van der Waals surface area contributed by atoms with Crippen LogP contribution in [0.2, 0.25) is 0 Å². The van der Waals surface area contributed by atoms with Gasteiger partial charge in [0.1, 0.15) is 0 Å². The highest BCUT2D eigenvalue weighted by molar-refractivity contribution is 5.03. The van der Waals surface area contributed by atoms with Crippen LogP contribution in [0.1, 0.15) is 33.6 Å². The molecule has 1 fully saturated rings. The zero-order valence-corrected chi connectivity index (χ0v) is 9.22. The molecule has 0 N–H and O–H groups in total. The van der Waals surface area contributed by atoms with Crippen molar-refractivity contribution in [1.82, 2.24) is 4.90 Å². The Bertz CT molecular complexity index is 151. The van der Waals surface area contributed by atoms with Crippen molar-refractivity contribution in [3.05, 3.63) is 0 Å². The molecule has 12 heavy (non-hydrogen) atoms. The molecular weight excluding hydrogens is 146 g/mol. The maximum Gasteiger partial charge on any atom is 0.00346 e. The fourth-order valence-electron chi connectivity index (χ4n) is 2.65. The predicted molar refractivity (Wildman–Crippen MR) is 54.2 cm³/mol. The number of rotatable bonds is 4. The topological polar surface area (TPSA) is 3.24 Å². The SMILES string of the molecule is CCC1(CN(C)C)CC1C(C)C. The molecule has 0 radical (unpaired) electrons. The summed E-state index contributed by atoms with van der Waals surface area (Å²) in [6, 6.07) is 0. The monoisotopic (exact) mass is 169 g/mol. The first kappa shape index (κ1) is 10.0. The first-order valence-electron chi connectivity index (χ1n) is 5.16. The normalized spacial score (nSPS) is 34.8. The number of nitrogens with zero attached hydrogens (tertiary/aromatic N) is 1. The zero-order valence-electron chi connectivity index (χ0n) is 9.22. The molecule has 1 heteroatoms. The Morgan fingerprint density at radius 3 is 2.25 bits per heavy atom. The van der Waals surface area contributed by atoms with E-state index in [1.54, 1.807) is 0 Å². The van der Waals surface area contributed by atoms with Crippen LogP contribution in [-0.2, 0) is 0 Å². The Morgan fingerprint density at radius 1 is 1.42 bits per heavy atom. The standard InChI is InChI=1S/C11H23N/c1-6-11(8-12(4)5)7-10(11)9(2)3/h9-10H,6-8H2,1-5H3. The Labute approximate surface area is 77.1 Å². The van der Waals surface area contributed by atoms with Gasteiger partial charge in [-0.25, -0.2) is 0 Å². The van der Waals surface area contributed by atoms with E-state index in [2.05, 4.69) is 39.8 Å². The summed E-state index contributed by atoms with van der Waals surface area (Å²) in [5.41, 5.74) is 0.678. The van der Waals surface area contributed by atoms with E-state index >= 15 is 0 Å². The highest BCUT2D eigenvalue weighted by Gasteiger charge is 2.53. The molecule has 1 aliphatic rings. The summed E-state index contributed by atoms with van der Waals surface area (Å²) >= 11 is 0. The largest absolute Gasteiger partial charge is 0.309 e. The lowest BCUT2D eigenvalue weighted by atomic mass is 9.94. The van der Waals surface area contributed by atoms with E-state index in [9.17, 15) is 0 Å². The second-order valence-electron chi connectivity index (χ2n) is 5.01. The molecule has 0 heterocycles. The van der Waals surface area contributed by atoms with Crippen LogP contribution in [0.25, 0.3) is 0 Å². The minimum absolute atomic E-state index is 0.678. The molecule has 1 saturated carbocycles. The van der Waals surface area contributed by atoms with Crippen LogP contribution in [0.3, 0.4) is 0 Å². The molecule has 0 aliphatic heterocycles. The van der Waals surface area contributed by atoms with Crippen LogP contribution in [0, 0.1) is 17.3 Å². The molecule has 2 atom stereocenters. The lowest BCUT2D eigenvalue weighted by molar-refractivity contribution is 0.265. The van der Waals surface area contributed by atoms with Gasteiger partial charge in [0, 0.05) is 6.54 Å². The number of hydrogen-bond donors (Lipinski definition) is 0. The third kappa shape index (κ3) is 1.82. The van der Waals surface area contributed by atoms with Crippen LogP contribution in [0.4, 0.5) is 0 Å². The summed E-state index contributed by atoms with van der Waals surface area (Å²) in [7, 11) is 4.38. The molecule has 0 aromatic rings. The van der Waals surface area contributed by atoms with Gasteiger partial charge in [0.15, 0.2) is 0 Å². The van der Waals surface area contributed by atoms with E-state index in [0.29, 0.717) is 5.41 Å². The van der Waals surface area contributed by atoms with Gasteiger partial charge < -0.3 is 4.90 Å².